The van der Waals surface area contributed by atoms with Crippen LogP contribution in [0, 0.1) is 11.3 Å². The zero-order chi connectivity index (χ0) is 24.3. The van der Waals surface area contributed by atoms with Crippen molar-refractivity contribution in [2.75, 3.05) is 26.2 Å². The maximum atomic E-state index is 12.8. The van der Waals surface area contributed by atoms with Crippen molar-refractivity contribution in [1.82, 2.24) is 10.2 Å². The van der Waals surface area contributed by atoms with Crippen LogP contribution >= 0.6 is 0 Å². The number of aliphatic carboxylic acids is 1. The van der Waals surface area contributed by atoms with Crippen LogP contribution in [0.4, 0.5) is 4.79 Å². The third-order valence-corrected chi connectivity index (χ3v) is 6.97. The molecule has 2 aromatic rings. The molecule has 7 nitrogen and oxygen atoms in total. The molecule has 34 heavy (non-hydrogen) atoms. The van der Waals surface area contributed by atoms with Crippen molar-refractivity contribution in [1.29, 1.82) is 0 Å². The number of likely N-dealkylation sites (tertiary alicyclic amines) is 1. The molecule has 0 aromatic heterocycles. The predicted molar refractivity (Wildman–Crippen MR) is 128 cm³/mol. The lowest BCUT2D eigenvalue weighted by Gasteiger charge is -2.47. The molecule has 2 N–H and O–H groups in total. The maximum absolute atomic E-state index is 12.8. The highest BCUT2D eigenvalue weighted by Crippen LogP contribution is 2.44. The van der Waals surface area contributed by atoms with Crippen LogP contribution in [-0.2, 0) is 14.3 Å². The number of rotatable bonds is 9. The van der Waals surface area contributed by atoms with Gasteiger partial charge in [-0.1, -0.05) is 61.5 Å². The van der Waals surface area contributed by atoms with E-state index < -0.39 is 23.4 Å². The van der Waals surface area contributed by atoms with E-state index in [4.69, 9.17) is 4.74 Å². The Morgan fingerprint density at radius 2 is 1.74 bits per heavy atom. The van der Waals surface area contributed by atoms with Crippen LogP contribution in [0.25, 0.3) is 11.1 Å². The fourth-order valence-corrected chi connectivity index (χ4v) is 4.99. The summed E-state index contributed by atoms with van der Waals surface area (Å²) in [5, 5.41) is 12.2. The van der Waals surface area contributed by atoms with Crippen LogP contribution in [0.3, 0.4) is 0 Å². The minimum atomic E-state index is -0.948. The minimum absolute atomic E-state index is 0.0307. The Hall–Kier alpha value is -3.61. The van der Waals surface area contributed by atoms with Crippen molar-refractivity contribution in [2.24, 2.45) is 11.3 Å². The van der Waals surface area contributed by atoms with E-state index in [-0.39, 0.29) is 38.1 Å². The summed E-state index contributed by atoms with van der Waals surface area (Å²) < 4.78 is 5.55. The summed E-state index contributed by atoms with van der Waals surface area (Å²) in [6.07, 6.45) is 1.86. The number of nitrogens with one attached hydrogen (secondary N) is 1. The van der Waals surface area contributed by atoms with Crippen LogP contribution in [0.1, 0.15) is 36.8 Å². The van der Waals surface area contributed by atoms with Gasteiger partial charge in [0.25, 0.3) is 0 Å². The molecule has 1 aliphatic carbocycles. The molecule has 0 saturated carbocycles. The first-order valence-electron chi connectivity index (χ1n) is 11.6. The summed E-state index contributed by atoms with van der Waals surface area (Å²) in [6.45, 7) is 6.17. The fourth-order valence-electron chi connectivity index (χ4n) is 4.99. The molecule has 2 aliphatic rings. The number of benzene rings is 2. The molecule has 0 bridgehead atoms. The first-order valence-corrected chi connectivity index (χ1v) is 11.6. The molecule has 178 valence electrons. The number of carboxylic acids is 1. The van der Waals surface area contributed by atoms with Crippen molar-refractivity contribution in [3.63, 3.8) is 0 Å². The second-order valence-corrected chi connectivity index (χ2v) is 9.08. The quantitative estimate of drug-likeness (QED) is 0.549. The summed E-state index contributed by atoms with van der Waals surface area (Å²) in [6, 6.07) is 16.3. The van der Waals surface area contributed by atoms with Gasteiger partial charge in [0.2, 0.25) is 5.91 Å². The number of alkyl carbamates (subject to hydrolysis) is 1. The van der Waals surface area contributed by atoms with Crippen LogP contribution in [-0.4, -0.2) is 54.2 Å². The number of carboxylic acid groups (broad SMARTS) is 1. The third kappa shape index (κ3) is 4.30. The summed E-state index contributed by atoms with van der Waals surface area (Å²) in [4.78, 5) is 38.4. The van der Waals surface area contributed by atoms with Gasteiger partial charge in [-0.25, -0.2) is 4.79 Å². The maximum Gasteiger partial charge on any atom is 0.407 e. The van der Waals surface area contributed by atoms with Gasteiger partial charge in [0.15, 0.2) is 0 Å². The smallest absolute Gasteiger partial charge is 0.407 e. The molecule has 7 heteroatoms. The van der Waals surface area contributed by atoms with E-state index in [0.717, 1.165) is 22.3 Å². The zero-order valence-corrected chi connectivity index (χ0v) is 19.3. The highest BCUT2D eigenvalue weighted by atomic mass is 16.5. The van der Waals surface area contributed by atoms with E-state index in [1.807, 2.05) is 31.2 Å². The molecule has 2 amide bonds. The van der Waals surface area contributed by atoms with Gasteiger partial charge in [-0.3, -0.25) is 9.59 Å². The Balaban J connectivity index is 1.31. The fraction of sp³-hybridized carbons (Fsp3) is 0.370. The molecule has 2 aromatic carbocycles. The molecule has 1 unspecified atom stereocenters. The van der Waals surface area contributed by atoms with Gasteiger partial charge in [0.1, 0.15) is 12.0 Å². The average Bonchev–Trinajstić information content (AvgIpc) is 3.13. The van der Waals surface area contributed by atoms with Gasteiger partial charge in [0, 0.05) is 25.6 Å². The van der Waals surface area contributed by atoms with Gasteiger partial charge in [-0.2, -0.15) is 0 Å². The van der Waals surface area contributed by atoms with Gasteiger partial charge in [-0.15, -0.1) is 6.58 Å². The van der Waals surface area contributed by atoms with Crippen LogP contribution in [0.5, 0.6) is 0 Å². The van der Waals surface area contributed by atoms with Crippen molar-refractivity contribution >= 4 is 18.0 Å². The molecular weight excluding hydrogens is 432 g/mol. The van der Waals surface area contributed by atoms with E-state index in [2.05, 4.69) is 36.2 Å². The Kier molecular flexibility index (Phi) is 6.72. The number of carbonyl (C=O) groups is 3. The van der Waals surface area contributed by atoms with Crippen molar-refractivity contribution in [3.05, 3.63) is 72.3 Å². The largest absolute Gasteiger partial charge is 0.481 e. The van der Waals surface area contributed by atoms with Gasteiger partial charge >= 0.3 is 12.1 Å². The molecule has 1 heterocycles. The average molecular weight is 463 g/mol. The summed E-state index contributed by atoms with van der Waals surface area (Å²) in [5.41, 5.74) is 3.64. The van der Waals surface area contributed by atoms with E-state index in [1.54, 1.807) is 11.0 Å². The topological polar surface area (TPSA) is 95.9 Å². The number of fused-ring (bicyclic) bond motifs is 3. The van der Waals surface area contributed by atoms with E-state index in [9.17, 15) is 19.5 Å². The normalized spacial score (nSPS) is 16.6. The number of nitrogens with zero attached hydrogens (tertiary/aromatic N) is 1. The highest BCUT2D eigenvalue weighted by molar-refractivity contribution is 5.85. The van der Waals surface area contributed by atoms with Gasteiger partial charge < -0.3 is 20.1 Å². The standard InChI is InChI=1S/C27H30N2O5/c1-3-13-27(25(31)32)16-29(17-27)24(30)18(4-2)14-28-26(33)34-15-23-21-11-7-5-9-19(21)20-10-6-8-12-22(20)23/h3,5-12,18,23H,1,4,13-17H2,2H3,(H,28,33)(H,31,32). The van der Waals surface area contributed by atoms with E-state index >= 15 is 0 Å². The zero-order valence-electron chi connectivity index (χ0n) is 19.3. The predicted octanol–water partition coefficient (Wildman–Crippen LogP) is 4.04. The second-order valence-electron chi connectivity index (χ2n) is 9.08. The van der Waals surface area contributed by atoms with Crippen LogP contribution in [0.15, 0.2) is 61.2 Å². The number of hydrogen-bond donors (Lipinski definition) is 2. The number of ether oxygens (including phenoxy) is 1. The van der Waals surface area contributed by atoms with Gasteiger partial charge in [-0.05, 0) is 35.1 Å². The number of amides is 2. The van der Waals surface area contributed by atoms with Crippen molar-refractivity contribution in [2.45, 2.75) is 25.7 Å². The highest BCUT2D eigenvalue weighted by Gasteiger charge is 2.51. The van der Waals surface area contributed by atoms with Crippen molar-refractivity contribution < 1.29 is 24.2 Å². The Morgan fingerprint density at radius 1 is 1.15 bits per heavy atom. The Morgan fingerprint density at radius 3 is 2.26 bits per heavy atom. The van der Waals surface area contributed by atoms with Gasteiger partial charge in [0.05, 0.1) is 5.92 Å². The molecule has 1 aliphatic heterocycles. The first-order chi connectivity index (χ1) is 16.4. The minimum Gasteiger partial charge on any atom is -0.481 e. The Bertz CT molecular complexity index is 1060. The SMILES string of the molecule is C=CCC1(C(=O)O)CN(C(=O)C(CC)CNC(=O)OCC2c3ccccc3-c3ccccc32)C1. The van der Waals surface area contributed by atoms with E-state index in [1.165, 1.54) is 0 Å². The molecule has 0 spiro atoms. The first kappa shape index (κ1) is 23.5. The number of allylic oxidation sites excluding steroid dienone is 1. The lowest BCUT2D eigenvalue weighted by Crippen LogP contribution is -2.63. The summed E-state index contributed by atoms with van der Waals surface area (Å²) >= 11 is 0. The molecular formula is C27H30N2O5. The molecule has 1 saturated heterocycles. The van der Waals surface area contributed by atoms with Crippen LogP contribution < -0.4 is 5.32 Å². The summed E-state index contributed by atoms with van der Waals surface area (Å²) in [5.74, 6) is -1.53. The molecule has 0 radical (unpaired) electrons. The molecule has 1 fully saturated rings. The number of hydrogen-bond acceptors (Lipinski definition) is 4. The second kappa shape index (κ2) is 9.71. The lowest BCUT2D eigenvalue weighted by atomic mass is 9.76. The number of carbonyl (C=O) groups excluding carboxylic acids is 2. The third-order valence-electron chi connectivity index (χ3n) is 6.97. The lowest BCUT2D eigenvalue weighted by molar-refractivity contribution is -0.167. The Labute approximate surface area is 199 Å². The monoisotopic (exact) mass is 462 g/mol. The van der Waals surface area contributed by atoms with Crippen LogP contribution in [0.2, 0.25) is 0 Å². The van der Waals surface area contributed by atoms with Crippen molar-refractivity contribution in [3.8, 4) is 11.1 Å². The van der Waals surface area contributed by atoms with E-state index in [0.29, 0.717) is 12.8 Å². The molecule has 1 atom stereocenters. The summed E-state index contributed by atoms with van der Waals surface area (Å²) in [7, 11) is 0. The molecule has 4 rings (SSSR count).